The molecule has 2 N–H and O–H groups in total. The number of aromatic amines is 1. The lowest BCUT2D eigenvalue weighted by Gasteiger charge is -2.11. The number of alkyl halides is 1. The van der Waals surface area contributed by atoms with Crippen molar-refractivity contribution >= 4 is 44.4 Å². The van der Waals surface area contributed by atoms with Gasteiger partial charge in [-0.05, 0) is 31.5 Å². The first-order valence-electron chi connectivity index (χ1n) is 8.33. The summed E-state index contributed by atoms with van der Waals surface area (Å²) in [4.78, 5) is 27.5. The highest BCUT2D eigenvalue weighted by atomic mass is 79.9. The molecule has 0 saturated carbocycles. The quantitative estimate of drug-likeness (QED) is 0.503. The van der Waals surface area contributed by atoms with E-state index in [1.807, 2.05) is 0 Å². The lowest BCUT2D eigenvalue weighted by atomic mass is 10.1. The van der Waals surface area contributed by atoms with Gasteiger partial charge >= 0.3 is 5.97 Å². The minimum atomic E-state index is -0.507. The molecule has 1 amide bonds. The van der Waals surface area contributed by atoms with Crippen LogP contribution in [0.25, 0.3) is 10.9 Å². The Labute approximate surface area is 155 Å². The highest BCUT2D eigenvalue weighted by molar-refractivity contribution is 9.10. The molecule has 0 bridgehead atoms. The summed E-state index contributed by atoms with van der Waals surface area (Å²) < 4.78 is 10.3. The first-order valence-corrected chi connectivity index (χ1v) is 9.25. The van der Waals surface area contributed by atoms with Gasteiger partial charge in [-0.15, -0.1) is 0 Å². The third-order valence-electron chi connectivity index (χ3n) is 3.83. The first kappa shape index (κ1) is 19.3. The third kappa shape index (κ3) is 4.54. The number of rotatable bonds is 8. The number of nitrogens with one attached hydrogen (secondary N) is 2. The molecule has 0 fully saturated rings. The summed E-state index contributed by atoms with van der Waals surface area (Å²) in [6.07, 6.45) is 2.67. The Morgan fingerprint density at radius 3 is 2.72 bits per heavy atom. The second-order valence-electron chi connectivity index (χ2n) is 5.61. The Kier molecular flexibility index (Phi) is 6.87. The van der Waals surface area contributed by atoms with Gasteiger partial charge in [0.1, 0.15) is 11.4 Å². The van der Waals surface area contributed by atoms with Crippen molar-refractivity contribution in [3.63, 3.8) is 0 Å². The predicted molar refractivity (Wildman–Crippen MR) is 102 cm³/mol. The molecule has 1 heterocycles. The van der Waals surface area contributed by atoms with Crippen LogP contribution in [0.2, 0.25) is 0 Å². The molecular formula is C18H23BrN2O4. The van der Waals surface area contributed by atoms with Gasteiger partial charge in [0.15, 0.2) is 0 Å². The van der Waals surface area contributed by atoms with Gasteiger partial charge in [0.05, 0.1) is 24.2 Å². The fourth-order valence-corrected chi connectivity index (χ4v) is 2.94. The second-order valence-corrected chi connectivity index (χ2v) is 6.71. The molecule has 136 valence electrons. The van der Waals surface area contributed by atoms with Gasteiger partial charge < -0.3 is 19.8 Å². The summed E-state index contributed by atoms with van der Waals surface area (Å²) >= 11 is 3.41. The number of hydrogen-bond acceptors (Lipinski definition) is 4. The van der Waals surface area contributed by atoms with Crippen LogP contribution in [0.4, 0.5) is 5.69 Å². The molecule has 0 radical (unpaired) electrons. The van der Waals surface area contributed by atoms with Crippen LogP contribution >= 0.6 is 15.9 Å². The number of aromatic nitrogens is 1. The van der Waals surface area contributed by atoms with Crippen LogP contribution in [-0.2, 0) is 9.53 Å². The van der Waals surface area contributed by atoms with Crippen LogP contribution in [0, 0.1) is 0 Å². The van der Waals surface area contributed by atoms with Gasteiger partial charge in [-0.1, -0.05) is 35.7 Å². The number of fused-ring (bicyclic) bond motifs is 1. The van der Waals surface area contributed by atoms with E-state index in [0.717, 1.165) is 24.8 Å². The van der Waals surface area contributed by atoms with Crippen molar-refractivity contribution in [1.82, 2.24) is 4.98 Å². The van der Waals surface area contributed by atoms with Crippen LogP contribution in [-0.4, -0.2) is 35.4 Å². The fraction of sp³-hybridized carbons (Fsp3) is 0.444. The number of H-pyrrole nitrogens is 1. The van der Waals surface area contributed by atoms with Gasteiger partial charge in [0, 0.05) is 10.9 Å². The van der Waals surface area contributed by atoms with Gasteiger partial charge in [-0.2, -0.15) is 0 Å². The molecule has 0 saturated heterocycles. The average molecular weight is 411 g/mol. The number of esters is 1. The Balaban J connectivity index is 2.41. The molecule has 0 aliphatic heterocycles. The molecule has 2 rings (SSSR count). The van der Waals surface area contributed by atoms with Gasteiger partial charge in [-0.25, -0.2) is 4.79 Å². The van der Waals surface area contributed by atoms with E-state index < -0.39 is 5.97 Å². The predicted octanol–water partition coefficient (Wildman–Crippen LogP) is 4.25. The second kappa shape index (κ2) is 8.89. The lowest BCUT2D eigenvalue weighted by Crippen LogP contribution is -2.24. The minimum absolute atomic E-state index is 0.192. The van der Waals surface area contributed by atoms with Crippen molar-refractivity contribution in [2.24, 2.45) is 0 Å². The van der Waals surface area contributed by atoms with Crippen molar-refractivity contribution in [3.8, 4) is 5.75 Å². The molecule has 6 nitrogen and oxygen atoms in total. The van der Waals surface area contributed by atoms with Crippen molar-refractivity contribution in [2.75, 3.05) is 19.0 Å². The molecule has 1 aromatic carbocycles. The Morgan fingerprint density at radius 2 is 2.08 bits per heavy atom. The molecule has 0 aliphatic rings. The van der Waals surface area contributed by atoms with Crippen LogP contribution in [0.15, 0.2) is 18.2 Å². The Hall–Kier alpha value is -2.02. The van der Waals surface area contributed by atoms with Crippen molar-refractivity contribution in [3.05, 3.63) is 23.9 Å². The van der Waals surface area contributed by atoms with E-state index >= 15 is 0 Å². The number of halogens is 1. The average Bonchev–Trinajstić information content (AvgIpc) is 2.97. The number of benzene rings is 1. The maximum absolute atomic E-state index is 12.5. The summed E-state index contributed by atoms with van der Waals surface area (Å²) in [6, 6.07) is 5.36. The number of unbranched alkanes of at least 4 members (excludes halogenated alkanes) is 1. The van der Waals surface area contributed by atoms with E-state index in [-0.39, 0.29) is 23.0 Å². The number of carbonyl (C=O) groups is 2. The maximum atomic E-state index is 12.5. The summed E-state index contributed by atoms with van der Waals surface area (Å²) in [5.41, 5.74) is 1.37. The van der Waals surface area contributed by atoms with E-state index in [9.17, 15) is 9.59 Å². The molecule has 1 unspecified atom stereocenters. The number of hydrogen-bond donors (Lipinski definition) is 2. The van der Waals surface area contributed by atoms with E-state index in [4.69, 9.17) is 9.47 Å². The lowest BCUT2D eigenvalue weighted by molar-refractivity contribution is -0.115. The van der Waals surface area contributed by atoms with Crippen molar-refractivity contribution < 1.29 is 19.1 Å². The third-order valence-corrected chi connectivity index (χ3v) is 4.70. The molecular weight excluding hydrogens is 388 g/mol. The fourth-order valence-electron chi connectivity index (χ4n) is 2.50. The number of methoxy groups -OCH3 is 1. The SMILES string of the molecule is CCCCC(Br)C(=O)Nc1c(C(=O)OCC)[nH]c2ccc(OC)cc12. The monoisotopic (exact) mass is 410 g/mol. The molecule has 1 atom stereocenters. The van der Waals surface area contributed by atoms with Crippen LogP contribution in [0.1, 0.15) is 43.6 Å². The largest absolute Gasteiger partial charge is 0.497 e. The summed E-state index contributed by atoms with van der Waals surface area (Å²) in [6.45, 7) is 4.06. The highest BCUT2D eigenvalue weighted by Crippen LogP contribution is 2.32. The normalized spacial score (nSPS) is 12.0. The molecule has 25 heavy (non-hydrogen) atoms. The Bertz CT molecular complexity index is 757. The van der Waals surface area contributed by atoms with Gasteiger partial charge in [0.25, 0.3) is 0 Å². The van der Waals surface area contributed by atoms with Crippen LogP contribution in [0.5, 0.6) is 5.75 Å². The number of anilines is 1. The van der Waals surface area contributed by atoms with E-state index in [0.29, 0.717) is 16.8 Å². The van der Waals surface area contributed by atoms with Crippen LogP contribution < -0.4 is 10.1 Å². The van der Waals surface area contributed by atoms with Crippen LogP contribution in [0.3, 0.4) is 0 Å². The van der Waals surface area contributed by atoms with Gasteiger partial charge in [-0.3, -0.25) is 4.79 Å². The number of amides is 1. The summed E-state index contributed by atoms with van der Waals surface area (Å²) in [5, 5.41) is 3.56. The van der Waals surface area contributed by atoms with E-state index in [1.165, 1.54) is 0 Å². The Morgan fingerprint density at radius 1 is 1.32 bits per heavy atom. The van der Waals surface area contributed by atoms with E-state index in [2.05, 4.69) is 33.2 Å². The van der Waals surface area contributed by atoms with Crippen molar-refractivity contribution in [1.29, 1.82) is 0 Å². The topological polar surface area (TPSA) is 80.4 Å². The number of ether oxygens (including phenoxy) is 2. The minimum Gasteiger partial charge on any atom is -0.497 e. The zero-order chi connectivity index (χ0) is 18.4. The number of carbonyl (C=O) groups excluding carboxylic acids is 2. The molecule has 0 aliphatic carbocycles. The van der Waals surface area contributed by atoms with Gasteiger partial charge in [0.2, 0.25) is 5.91 Å². The zero-order valence-electron chi connectivity index (χ0n) is 14.6. The first-order chi connectivity index (χ1) is 12.0. The summed E-state index contributed by atoms with van der Waals surface area (Å²) in [7, 11) is 1.57. The zero-order valence-corrected chi connectivity index (χ0v) is 16.2. The van der Waals surface area contributed by atoms with Crippen molar-refractivity contribution in [2.45, 2.75) is 37.9 Å². The van der Waals surface area contributed by atoms with E-state index in [1.54, 1.807) is 32.2 Å². The highest BCUT2D eigenvalue weighted by Gasteiger charge is 2.23. The smallest absolute Gasteiger partial charge is 0.356 e. The summed E-state index contributed by atoms with van der Waals surface area (Å²) in [5.74, 6) is -0.0610. The molecule has 0 spiro atoms. The maximum Gasteiger partial charge on any atom is 0.356 e. The molecule has 7 heteroatoms. The molecule has 2 aromatic rings. The molecule has 1 aromatic heterocycles. The standard InChI is InChI=1S/C18H23BrN2O4/c1-4-6-7-13(19)17(22)21-15-12-10-11(24-3)8-9-14(12)20-16(15)18(23)25-5-2/h8-10,13,20H,4-7H2,1-3H3,(H,21,22).